The molecule has 0 amide bonds. The Morgan fingerprint density at radius 3 is 0.957 bits per heavy atom. The van der Waals surface area contributed by atoms with Crippen LogP contribution < -0.4 is 0 Å². The lowest BCUT2D eigenvalue weighted by atomic mass is 9.84. The first kappa shape index (κ1) is 39.0. The molecule has 2 heteroatoms. The quantitative estimate of drug-likeness (QED) is 0.119. The maximum Gasteiger partial charge on any atom is -0.00700 e. The fraction of sp³-hybridized carbons (Fsp3) is 0.591. The fourth-order valence-electron chi connectivity index (χ4n) is 6.31. The normalized spacial score (nSPS) is 12.4. The van der Waals surface area contributed by atoms with E-state index >= 15 is 0 Å². The Kier molecular flexibility index (Phi) is 16.0. The van der Waals surface area contributed by atoms with E-state index in [-0.39, 0.29) is 26.7 Å². The van der Waals surface area contributed by atoms with Crippen molar-refractivity contribution in [1.82, 2.24) is 0 Å². The molecule has 0 spiro atoms. The monoisotopic (exact) mass is 658 g/mol. The third-order valence-corrected chi connectivity index (χ3v) is 14.9. The van der Waals surface area contributed by atoms with Gasteiger partial charge in [0.1, 0.15) is 0 Å². The summed E-state index contributed by atoms with van der Waals surface area (Å²) in [4.78, 5) is 0. The van der Waals surface area contributed by atoms with E-state index in [0.29, 0.717) is 0 Å². The van der Waals surface area contributed by atoms with Crippen LogP contribution in [0, 0.1) is 0 Å². The summed E-state index contributed by atoms with van der Waals surface area (Å²) < 4.78 is 0. The molecule has 254 valence electrons. The minimum absolute atomic E-state index is 0.0122. The van der Waals surface area contributed by atoms with Crippen LogP contribution in [-0.2, 0) is 23.2 Å². The van der Waals surface area contributed by atoms with Gasteiger partial charge >= 0.3 is 0 Å². The molecule has 3 aromatic carbocycles. The van der Waals surface area contributed by atoms with Gasteiger partial charge in [-0.1, -0.05) is 143 Å². The SMILES string of the molecule is CCCCP(CCCC)Cc1cc(-c2ccc(C(C)(C)C)cc2)c(-c2ccc(C(C)(C)C)cc2)cc1CP(CCCC)CCCC. The van der Waals surface area contributed by atoms with E-state index in [1.165, 1.54) is 122 Å². The van der Waals surface area contributed by atoms with Crippen molar-refractivity contribution in [3.05, 3.63) is 82.9 Å². The zero-order valence-electron chi connectivity index (χ0n) is 31.6. The van der Waals surface area contributed by atoms with E-state index in [2.05, 4.69) is 130 Å². The van der Waals surface area contributed by atoms with Gasteiger partial charge in [-0.15, -0.1) is 15.8 Å². The Balaban J connectivity index is 2.24. The summed E-state index contributed by atoms with van der Waals surface area (Å²) in [6.45, 7) is 23.4. The van der Waals surface area contributed by atoms with E-state index in [0.717, 1.165) is 0 Å². The lowest BCUT2D eigenvalue weighted by molar-refractivity contribution is 0.590. The number of rotatable bonds is 18. The second kappa shape index (κ2) is 18.9. The van der Waals surface area contributed by atoms with Crippen molar-refractivity contribution >= 4 is 15.8 Å². The summed E-state index contributed by atoms with van der Waals surface area (Å²) >= 11 is 0. The van der Waals surface area contributed by atoms with Crippen LogP contribution in [0.2, 0.25) is 0 Å². The van der Waals surface area contributed by atoms with Crippen molar-refractivity contribution in [3.63, 3.8) is 0 Å². The molecule has 0 nitrogen and oxygen atoms in total. The van der Waals surface area contributed by atoms with Gasteiger partial charge in [-0.2, -0.15) is 0 Å². The van der Waals surface area contributed by atoms with Gasteiger partial charge in [-0.25, -0.2) is 0 Å². The molecular formula is C44H68P2. The highest BCUT2D eigenvalue weighted by molar-refractivity contribution is 7.57. The van der Waals surface area contributed by atoms with Crippen molar-refractivity contribution in [2.24, 2.45) is 0 Å². The summed E-state index contributed by atoms with van der Waals surface area (Å²) in [7, 11) is 0.0243. The van der Waals surface area contributed by atoms with Gasteiger partial charge in [0, 0.05) is 0 Å². The lowest BCUT2D eigenvalue weighted by Crippen LogP contribution is -2.10. The van der Waals surface area contributed by atoms with E-state index in [4.69, 9.17) is 0 Å². The molecule has 0 atom stereocenters. The minimum Gasteiger partial charge on any atom is -0.102 e. The zero-order chi connectivity index (χ0) is 33.7. The predicted molar refractivity (Wildman–Crippen MR) is 215 cm³/mol. The molecule has 0 aliphatic carbocycles. The first-order valence-electron chi connectivity index (χ1n) is 18.7. The minimum atomic E-state index is 0.0122. The van der Waals surface area contributed by atoms with Gasteiger partial charge in [0.05, 0.1) is 0 Å². The third kappa shape index (κ3) is 11.9. The topological polar surface area (TPSA) is 0 Å². The average Bonchev–Trinajstić information content (AvgIpc) is 3.03. The number of unbranched alkanes of at least 4 members (excludes halogenated alkanes) is 4. The van der Waals surface area contributed by atoms with Gasteiger partial charge in [-0.3, -0.25) is 0 Å². The molecule has 0 N–H and O–H groups in total. The number of hydrogen-bond donors (Lipinski definition) is 0. The second-order valence-corrected chi connectivity index (χ2v) is 20.9. The Bertz CT molecular complexity index is 1170. The summed E-state index contributed by atoms with van der Waals surface area (Å²) in [6.07, 6.45) is 19.1. The highest BCUT2D eigenvalue weighted by Crippen LogP contribution is 2.49. The molecule has 0 radical (unpaired) electrons. The van der Waals surface area contributed by atoms with E-state index in [1.54, 1.807) is 11.1 Å². The molecule has 0 aromatic heterocycles. The highest BCUT2D eigenvalue weighted by atomic mass is 31.1. The van der Waals surface area contributed by atoms with Gasteiger partial charge in [0.25, 0.3) is 0 Å². The molecule has 3 aromatic rings. The molecule has 0 bridgehead atoms. The number of hydrogen-bond acceptors (Lipinski definition) is 0. The zero-order valence-corrected chi connectivity index (χ0v) is 33.4. The van der Waals surface area contributed by atoms with Crippen LogP contribution in [0.5, 0.6) is 0 Å². The van der Waals surface area contributed by atoms with Crippen LogP contribution >= 0.6 is 15.8 Å². The van der Waals surface area contributed by atoms with Crippen molar-refractivity contribution < 1.29 is 0 Å². The van der Waals surface area contributed by atoms with Crippen LogP contribution in [0.3, 0.4) is 0 Å². The first-order chi connectivity index (χ1) is 21.9. The average molecular weight is 659 g/mol. The van der Waals surface area contributed by atoms with E-state index < -0.39 is 0 Å². The van der Waals surface area contributed by atoms with Gasteiger partial charge in [0.15, 0.2) is 0 Å². The first-order valence-corrected chi connectivity index (χ1v) is 22.5. The smallest absolute Gasteiger partial charge is 0.00700 e. The van der Waals surface area contributed by atoms with Crippen molar-refractivity contribution in [2.75, 3.05) is 24.6 Å². The molecule has 0 saturated carbocycles. The van der Waals surface area contributed by atoms with Crippen LogP contribution in [0.4, 0.5) is 0 Å². The largest absolute Gasteiger partial charge is 0.102 e. The molecule has 0 unspecified atom stereocenters. The third-order valence-electron chi connectivity index (χ3n) is 9.56. The van der Waals surface area contributed by atoms with Crippen LogP contribution in [-0.4, -0.2) is 24.6 Å². The fourth-order valence-corrected chi connectivity index (χ4v) is 12.0. The van der Waals surface area contributed by atoms with Crippen molar-refractivity contribution in [1.29, 1.82) is 0 Å². The number of benzene rings is 3. The Morgan fingerprint density at radius 1 is 0.435 bits per heavy atom. The molecule has 0 aliphatic rings. The van der Waals surface area contributed by atoms with Gasteiger partial charge in [-0.05, 0) is 130 Å². The molecule has 3 rings (SSSR count). The van der Waals surface area contributed by atoms with Crippen LogP contribution in [0.1, 0.15) is 143 Å². The molecular weight excluding hydrogens is 590 g/mol. The highest BCUT2D eigenvalue weighted by Gasteiger charge is 2.21. The predicted octanol–water partition coefficient (Wildman–Crippen LogP) is 14.8. The summed E-state index contributed by atoms with van der Waals surface area (Å²) in [5.41, 5.74) is 12.0. The van der Waals surface area contributed by atoms with Crippen LogP contribution in [0.25, 0.3) is 22.3 Å². The standard InChI is InChI=1S/C44H68P2/c1-11-15-27-45(28-16-12-2)33-37-31-41(35-19-23-39(24-20-35)43(5,6)7)42(36-21-25-40(26-22-36)44(8,9)10)32-38(37)34-46(29-17-13-3)30-18-14-4/h19-26,31-32H,11-18,27-30,33-34H2,1-10H3. The van der Waals surface area contributed by atoms with E-state index in [9.17, 15) is 0 Å². The lowest BCUT2D eigenvalue weighted by Gasteiger charge is -2.26. The molecule has 0 aliphatic heterocycles. The maximum absolute atomic E-state index is 2.68. The molecule has 0 heterocycles. The Morgan fingerprint density at radius 2 is 0.717 bits per heavy atom. The second-order valence-electron chi connectivity index (χ2n) is 15.8. The summed E-state index contributed by atoms with van der Waals surface area (Å²) in [5, 5.41) is 0. The van der Waals surface area contributed by atoms with Crippen molar-refractivity contribution in [3.8, 4) is 22.3 Å². The summed E-state index contributed by atoms with van der Waals surface area (Å²) in [6, 6.07) is 24.5. The molecule has 46 heavy (non-hydrogen) atoms. The van der Waals surface area contributed by atoms with Crippen LogP contribution in [0.15, 0.2) is 60.7 Å². The van der Waals surface area contributed by atoms with Gasteiger partial charge < -0.3 is 0 Å². The molecule has 0 fully saturated rings. The van der Waals surface area contributed by atoms with E-state index in [1.807, 2.05) is 0 Å². The van der Waals surface area contributed by atoms with Crippen molar-refractivity contribution in [2.45, 2.75) is 144 Å². The summed E-state index contributed by atoms with van der Waals surface area (Å²) in [5.74, 6) is 0. The Hall–Kier alpha value is -1.48. The maximum atomic E-state index is 2.68. The molecule has 0 saturated heterocycles. The Labute approximate surface area is 288 Å². The van der Waals surface area contributed by atoms with Gasteiger partial charge in [0.2, 0.25) is 0 Å².